The van der Waals surface area contributed by atoms with E-state index in [0.717, 1.165) is 15.1 Å². The topological polar surface area (TPSA) is 66.5 Å². The average molecular weight is 397 g/mol. The van der Waals surface area contributed by atoms with Crippen molar-refractivity contribution < 1.29 is 13.2 Å². The number of carbonyl (C=O) groups is 1. The quantitative estimate of drug-likeness (QED) is 0.734. The lowest BCUT2D eigenvalue weighted by molar-refractivity contribution is -0.121. The van der Waals surface area contributed by atoms with Gasteiger partial charge in [-0.1, -0.05) is 13.8 Å². The van der Waals surface area contributed by atoms with Gasteiger partial charge in [-0.15, -0.1) is 11.3 Å². The van der Waals surface area contributed by atoms with Gasteiger partial charge in [0.1, 0.15) is 0 Å². The van der Waals surface area contributed by atoms with Crippen LogP contribution >= 0.6 is 27.3 Å². The Morgan fingerprint density at radius 2 is 2.05 bits per heavy atom. The molecule has 0 aromatic carbocycles. The Balaban J connectivity index is 2.98. The summed E-state index contributed by atoms with van der Waals surface area (Å²) in [6.45, 7) is 6.36. The second kappa shape index (κ2) is 8.26. The number of halogens is 1. The normalized spacial score (nSPS) is 11.9. The number of nitrogens with one attached hydrogen (secondary N) is 1. The van der Waals surface area contributed by atoms with Crippen LogP contribution in [0.3, 0.4) is 0 Å². The van der Waals surface area contributed by atoms with E-state index >= 15 is 0 Å². The fourth-order valence-corrected chi connectivity index (χ4v) is 5.71. The molecule has 0 bridgehead atoms. The van der Waals surface area contributed by atoms with Gasteiger partial charge in [-0.2, -0.15) is 4.31 Å². The van der Waals surface area contributed by atoms with Gasteiger partial charge < -0.3 is 5.32 Å². The summed E-state index contributed by atoms with van der Waals surface area (Å²) < 4.78 is 27.4. The molecule has 0 saturated carbocycles. The second-order valence-corrected chi connectivity index (χ2v) is 9.20. The molecule has 0 spiro atoms. The number of thiophene rings is 1. The van der Waals surface area contributed by atoms with Crippen molar-refractivity contribution in [3.8, 4) is 0 Å². The average Bonchev–Trinajstić information content (AvgIpc) is 2.75. The lowest BCUT2D eigenvalue weighted by Crippen LogP contribution is -2.41. The van der Waals surface area contributed by atoms with E-state index in [9.17, 15) is 13.2 Å². The first-order valence-corrected chi connectivity index (χ1v) is 9.90. The van der Waals surface area contributed by atoms with Crippen molar-refractivity contribution in [2.24, 2.45) is 0 Å². The maximum atomic E-state index is 12.7. The molecule has 1 heterocycles. The van der Waals surface area contributed by atoms with E-state index in [-0.39, 0.29) is 17.3 Å². The molecule has 1 rings (SSSR count). The fourth-order valence-electron chi connectivity index (χ4n) is 1.84. The third-order valence-corrected chi connectivity index (χ3v) is 6.48. The van der Waals surface area contributed by atoms with Gasteiger partial charge in [0.2, 0.25) is 15.9 Å². The van der Waals surface area contributed by atoms with E-state index in [1.807, 2.05) is 13.8 Å². The van der Waals surface area contributed by atoms with E-state index in [1.54, 1.807) is 13.0 Å². The number of aryl methyl sites for hydroxylation is 1. The SMILES string of the molecule is CCCNC(=O)CN(CCC)S(=O)(=O)c1cc(Br)sc1C. The van der Waals surface area contributed by atoms with Crippen LogP contribution in [-0.2, 0) is 14.8 Å². The largest absolute Gasteiger partial charge is 0.355 e. The van der Waals surface area contributed by atoms with Crippen LogP contribution in [0.15, 0.2) is 14.7 Å². The van der Waals surface area contributed by atoms with Crippen LogP contribution in [0.2, 0.25) is 0 Å². The number of carbonyl (C=O) groups excluding carboxylic acids is 1. The number of nitrogens with zero attached hydrogens (tertiary/aromatic N) is 1. The molecule has 0 unspecified atom stereocenters. The van der Waals surface area contributed by atoms with Gasteiger partial charge in [0.05, 0.1) is 15.2 Å². The molecule has 1 amide bonds. The molecule has 0 radical (unpaired) electrons. The van der Waals surface area contributed by atoms with Crippen LogP contribution in [0.4, 0.5) is 0 Å². The van der Waals surface area contributed by atoms with Crippen LogP contribution in [0.1, 0.15) is 31.6 Å². The minimum Gasteiger partial charge on any atom is -0.355 e. The summed E-state index contributed by atoms with van der Waals surface area (Å²) in [6, 6.07) is 1.60. The Bertz CT molecular complexity index is 584. The summed E-state index contributed by atoms with van der Waals surface area (Å²) in [4.78, 5) is 12.8. The number of rotatable bonds is 8. The van der Waals surface area contributed by atoms with Gasteiger partial charge in [0.15, 0.2) is 0 Å². The van der Waals surface area contributed by atoms with Gasteiger partial charge in [0, 0.05) is 18.0 Å². The second-order valence-electron chi connectivity index (χ2n) is 4.66. The highest BCUT2D eigenvalue weighted by atomic mass is 79.9. The minimum atomic E-state index is -3.64. The third-order valence-electron chi connectivity index (χ3n) is 2.83. The molecule has 5 nitrogen and oxygen atoms in total. The van der Waals surface area contributed by atoms with E-state index in [1.165, 1.54) is 15.6 Å². The van der Waals surface area contributed by atoms with Crippen molar-refractivity contribution in [2.45, 2.75) is 38.5 Å². The molecule has 0 aliphatic carbocycles. The zero-order valence-corrected chi connectivity index (χ0v) is 15.7. The van der Waals surface area contributed by atoms with Crippen molar-refractivity contribution in [1.29, 1.82) is 0 Å². The molecule has 1 aromatic heterocycles. The van der Waals surface area contributed by atoms with Gasteiger partial charge in [-0.25, -0.2) is 8.42 Å². The zero-order valence-electron chi connectivity index (χ0n) is 12.5. The van der Waals surface area contributed by atoms with Crippen LogP contribution in [0.25, 0.3) is 0 Å². The summed E-state index contributed by atoms with van der Waals surface area (Å²) >= 11 is 4.68. The third kappa shape index (κ3) is 5.05. The van der Waals surface area contributed by atoms with Crippen LogP contribution in [0.5, 0.6) is 0 Å². The highest BCUT2D eigenvalue weighted by Crippen LogP contribution is 2.31. The molecule has 21 heavy (non-hydrogen) atoms. The van der Waals surface area contributed by atoms with E-state index in [2.05, 4.69) is 21.2 Å². The van der Waals surface area contributed by atoms with Crippen LogP contribution in [0, 0.1) is 6.92 Å². The Hall–Kier alpha value is -0.440. The first-order chi connectivity index (χ1) is 9.82. The van der Waals surface area contributed by atoms with Gasteiger partial charge in [-0.05, 0) is 41.8 Å². The van der Waals surface area contributed by atoms with Crippen molar-refractivity contribution >= 4 is 43.2 Å². The molecule has 1 N–H and O–H groups in total. The molecule has 0 saturated heterocycles. The van der Waals surface area contributed by atoms with Crippen molar-refractivity contribution in [2.75, 3.05) is 19.6 Å². The van der Waals surface area contributed by atoms with Gasteiger partial charge in [-0.3, -0.25) is 4.79 Å². The number of sulfonamides is 1. The summed E-state index contributed by atoms with van der Waals surface area (Å²) in [6.07, 6.45) is 1.48. The van der Waals surface area contributed by atoms with Crippen molar-refractivity contribution in [3.63, 3.8) is 0 Å². The summed E-state index contributed by atoms with van der Waals surface area (Å²) in [5.74, 6) is -0.263. The van der Waals surface area contributed by atoms with Crippen LogP contribution < -0.4 is 5.32 Å². The Morgan fingerprint density at radius 1 is 1.38 bits per heavy atom. The summed E-state index contributed by atoms with van der Waals surface area (Å²) in [5, 5.41) is 2.71. The molecule has 0 aliphatic heterocycles. The molecule has 0 fully saturated rings. The highest BCUT2D eigenvalue weighted by molar-refractivity contribution is 9.11. The molecular formula is C13H21BrN2O3S2. The minimum absolute atomic E-state index is 0.136. The molecule has 0 aliphatic rings. The lowest BCUT2D eigenvalue weighted by Gasteiger charge is -2.21. The molecule has 1 aromatic rings. The van der Waals surface area contributed by atoms with Crippen molar-refractivity contribution in [1.82, 2.24) is 9.62 Å². The summed E-state index contributed by atoms with van der Waals surface area (Å²) in [5.41, 5.74) is 0. The van der Waals surface area contributed by atoms with E-state index in [4.69, 9.17) is 0 Å². The first kappa shape index (κ1) is 18.6. The maximum Gasteiger partial charge on any atom is 0.244 e. The predicted molar refractivity (Wildman–Crippen MR) is 89.1 cm³/mol. The fraction of sp³-hybridized carbons (Fsp3) is 0.615. The standard InChI is InChI=1S/C13H21BrN2O3S2/c1-4-6-15-13(17)9-16(7-5-2)21(18,19)11-8-12(14)20-10(11)3/h8H,4-7,9H2,1-3H3,(H,15,17). The van der Waals surface area contributed by atoms with Gasteiger partial charge >= 0.3 is 0 Å². The summed E-state index contributed by atoms with van der Waals surface area (Å²) in [7, 11) is -3.64. The molecular weight excluding hydrogens is 376 g/mol. The predicted octanol–water partition coefficient (Wildman–Crippen LogP) is 2.75. The Morgan fingerprint density at radius 3 is 2.52 bits per heavy atom. The Kier molecular flexibility index (Phi) is 7.32. The Labute approximate surface area is 138 Å². The maximum absolute atomic E-state index is 12.7. The lowest BCUT2D eigenvalue weighted by atomic mass is 10.4. The molecule has 120 valence electrons. The highest BCUT2D eigenvalue weighted by Gasteiger charge is 2.28. The smallest absolute Gasteiger partial charge is 0.244 e. The number of hydrogen-bond acceptors (Lipinski definition) is 4. The first-order valence-electron chi connectivity index (χ1n) is 6.85. The van der Waals surface area contributed by atoms with Gasteiger partial charge in [0.25, 0.3) is 0 Å². The number of hydrogen-bond donors (Lipinski definition) is 1. The molecule has 0 atom stereocenters. The van der Waals surface area contributed by atoms with E-state index < -0.39 is 10.0 Å². The van der Waals surface area contributed by atoms with Crippen molar-refractivity contribution in [3.05, 3.63) is 14.7 Å². The molecule has 8 heteroatoms. The van der Waals surface area contributed by atoms with Crippen LogP contribution in [-0.4, -0.2) is 38.3 Å². The number of amides is 1. The zero-order chi connectivity index (χ0) is 16.0. The monoisotopic (exact) mass is 396 g/mol. The van der Waals surface area contributed by atoms with E-state index in [0.29, 0.717) is 19.5 Å².